The van der Waals surface area contributed by atoms with Crippen LogP contribution in [0.2, 0.25) is 0 Å². The molecule has 1 aliphatic rings. The van der Waals surface area contributed by atoms with Crippen LogP contribution in [0.3, 0.4) is 0 Å². The number of thiazole rings is 1. The average Bonchev–Trinajstić information content (AvgIpc) is 3.28. The number of carbonyl (C=O) groups excluding carboxylic acids is 2. The first-order valence-corrected chi connectivity index (χ1v) is 11.0. The molecule has 0 unspecified atom stereocenters. The number of amides is 2. The second kappa shape index (κ2) is 9.14. The number of nitrogens with zero attached hydrogens (tertiary/aromatic N) is 3. The molecule has 7 heteroatoms. The largest absolute Gasteiger partial charge is 0.479 e. The van der Waals surface area contributed by atoms with Gasteiger partial charge in [-0.05, 0) is 19.1 Å². The lowest BCUT2D eigenvalue weighted by Gasteiger charge is -2.33. The first-order chi connectivity index (χ1) is 15.1. The average molecular weight is 434 g/mol. The summed E-state index contributed by atoms with van der Waals surface area (Å²) < 4.78 is 5.67. The van der Waals surface area contributed by atoms with Crippen LogP contribution in [0.5, 0.6) is 5.75 Å². The van der Waals surface area contributed by atoms with E-state index in [2.05, 4.69) is 11.6 Å². The van der Waals surface area contributed by atoms with Gasteiger partial charge in [0.15, 0.2) is 11.2 Å². The van der Waals surface area contributed by atoms with E-state index in [1.807, 2.05) is 60.0 Å². The maximum Gasteiger partial charge on any atom is 0.267 e. The van der Waals surface area contributed by atoms with Crippen LogP contribution in [-0.4, -0.2) is 36.0 Å². The van der Waals surface area contributed by atoms with E-state index in [0.717, 1.165) is 11.3 Å². The molecule has 2 heterocycles. The SMILES string of the molecule is C=CCN(C(=O)CCN1C(=O)[C@@H](C)Oc2ccccc21)c1nc(-c2ccccc2)cs1. The molecular weight excluding hydrogens is 410 g/mol. The van der Waals surface area contributed by atoms with E-state index in [0.29, 0.717) is 23.1 Å². The van der Waals surface area contributed by atoms with Gasteiger partial charge < -0.3 is 9.64 Å². The van der Waals surface area contributed by atoms with Gasteiger partial charge in [-0.25, -0.2) is 4.98 Å². The number of hydrogen-bond acceptors (Lipinski definition) is 5. The highest BCUT2D eigenvalue weighted by Crippen LogP contribution is 2.34. The summed E-state index contributed by atoms with van der Waals surface area (Å²) >= 11 is 1.42. The van der Waals surface area contributed by atoms with Crippen LogP contribution < -0.4 is 14.5 Å². The number of aromatic nitrogens is 1. The van der Waals surface area contributed by atoms with Crippen LogP contribution in [-0.2, 0) is 9.59 Å². The van der Waals surface area contributed by atoms with Crippen molar-refractivity contribution < 1.29 is 14.3 Å². The number of fused-ring (bicyclic) bond motifs is 1. The highest BCUT2D eigenvalue weighted by molar-refractivity contribution is 7.14. The predicted octanol–water partition coefficient (Wildman–Crippen LogP) is 4.53. The maximum absolute atomic E-state index is 13.1. The van der Waals surface area contributed by atoms with Crippen LogP contribution in [0.1, 0.15) is 13.3 Å². The van der Waals surface area contributed by atoms with Crippen LogP contribution in [0.15, 0.2) is 72.6 Å². The van der Waals surface area contributed by atoms with Gasteiger partial charge in [-0.15, -0.1) is 17.9 Å². The molecule has 1 atom stereocenters. The summed E-state index contributed by atoms with van der Waals surface area (Å²) in [5, 5.41) is 2.56. The molecule has 0 radical (unpaired) electrons. The van der Waals surface area contributed by atoms with E-state index in [4.69, 9.17) is 4.74 Å². The Morgan fingerprint density at radius 3 is 2.74 bits per heavy atom. The van der Waals surface area contributed by atoms with Crippen LogP contribution in [0.4, 0.5) is 10.8 Å². The number of carbonyl (C=O) groups is 2. The van der Waals surface area contributed by atoms with E-state index in [-0.39, 0.29) is 24.8 Å². The van der Waals surface area contributed by atoms with Gasteiger partial charge in [-0.3, -0.25) is 14.5 Å². The van der Waals surface area contributed by atoms with Crippen LogP contribution >= 0.6 is 11.3 Å². The zero-order valence-electron chi connectivity index (χ0n) is 17.2. The lowest BCUT2D eigenvalue weighted by molar-refractivity contribution is -0.125. The van der Waals surface area contributed by atoms with Crippen molar-refractivity contribution in [2.24, 2.45) is 0 Å². The third-order valence-electron chi connectivity index (χ3n) is 5.03. The van der Waals surface area contributed by atoms with Gasteiger partial charge in [0.2, 0.25) is 5.91 Å². The van der Waals surface area contributed by atoms with Crippen molar-refractivity contribution in [1.82, 2.24) is 4.98 Å². The molecule has 0 N–H and O–H groups in total. The molecule has 0 saturated carbocycles. The normalized spacial score (nSPS) is 15.2. The molecule has 6 nitrogen and oxygen atoms in total. The van der Waals surface area contributed by atoms with E-state index in [9.17, 15) is 9.59 Å². The third-order valence-corrected chi connectivity index (χ3v) is 5.89. The fourth-order valence-electron chi connectivity index (χ4n) is 3.48. The summed E-state index contributed by atoms with van der Waals surface area (Å²) in [6.45, 7) is 6.12. The Balaban J connectivity index is 1.51. The molecule has 2 aromatic carbocycles. The van der Waals surface area contributed by atoms with Crippen molar-refractivity contribution in [1.29, 1.82) is 0 Å². The minimum atomic E-state index is -0.582. The number of hydrogen-bond donors (Lipinski definition) is 0. The molecule has 1 aromatic heterocycles. The fraction of sp³-hybridized carbons (Fsp3) is 0.208. The zero-order valence-corrected chi connectivity index (χ0v) is 18.0. The first kappa shape index (κ1) is 20.8. The Labute approximate surface area is 185 Å². The van der Waals surface area contributed by atoms with E-state index in [1.165, 1.54) is 11.3 Å². The minimum Gasteiger partial charge on any atom is -0.479 e. The molecule has 0 saturated heterocycles. The summed E-state index contributed by atoms with van der Waals surface area (Å²) in [6.07, 6.45) is 1.27. The zero-order chi connectivity index (χ0) is 21.8. The van der Waals surface area contributed by atoms with Crippen LogP contribution in [0.25, 0.3) is 11.3 Å². The second-order valence-electron chi connectivity index (χ2n) is 7.14. The maximum atomic E-state index is 13.1. The highest BCUT2D eigenvalue weighted by Gasteiger charge is 2.32. The van der Waals surface area contributed by atoms with Crippen molar-refractivity contribution >= 4 is 34.0 Å². The smallest absolute Gasteiger partial charge is 0.267 e. The lowest BCUT2D eigenvalue weighted by Crippen LogP contribution is -2.46. The topological polar surface area (TPSA) is 62.7 Å². The molecular formula is C24H23N3O3S. The number of rotatable bonds is 7. The van der Waals surface area contributed by atoms with E-state index in [1.54, 1.807) is 22.8 Å². The predicted molar refractivity (Wildman–Crippen MR) is 124 cm³/mol. The summed E-state index contributed by atoms with van der Waals surface area (Å²) in [4.78, 5) is 33.7. The summed E-state index contributed by atoms with van der Waals surface area (Å²) in [6, 6.07) is 17.2. The molecule has 0 fully saturated rings. The van der Waals surface area contributed by atoms with Crippen molar-refractivity contribution in [2.45, 2.75) is 19.4 Å². The quantitative estimate of drug-likeness (QED) is 0.514. The Bertz CT molecular complexity index is 1100. The van der Waals surface area contributed by atoms with Gasteiger partial charge in [-0.2, -0.15) is 0 Å². The van der Waals surface area contributed by atoms with Gasteiger partial charge in [0.05, 0.1) is 11.4 Å². The molecule has 0 spiro atoms. The van der Waals surface area contributed by atoms with Gasteiger partial charge in [-0.1, -0.05) is 48.5 Å². The summed E-state index contributed by atoms with van der Waals surface area (Å²) in [5.74, 6) is 0.387. The number of ether oxygens (including phenoxy) is 1. The van der Waals surface area contributed by atoms with Crippen molar-refractivity contribution in [3.63, 3.8) is 0 Å². The van der Waals surface area contributed by atoms with E-state index < -0.39 is 6.10 Å². The van der Waals surface area contributed by atoms with E-state index >= 15 is 0 Å². The Hall–Kier alpha value is -3.45. The summed E-state index contributed by atoms with van der Waals surface area (Å²) in [5.41, 5.74) is 2.52. The van der Waals surface area contributed by atoms with Crippen LogP contribution in [0, 0.1) is 0 Å². The molecule has 2 amide bonds. The minimum absolute atomic E-state index is 0.113. The molecule has 0 bridgehead atoms. The summed E-state index contributed by atoms with van der Waals surface area (Å²) in [7, 11) is 0. The molecule has 31 heavy (non-hydrogen) atoms. The molecule has 158 valence electrons. The Morgan fingerprint density at radius 2 is 1.97 bits per heavy atom. The third kappa shape index (κ3) is 4.36. The highest BCUT2D eigenvalue weighted by atomic mass is 32.1. The van der Waals surface area contributed by atoms with Crippen molar-refractivity contribution in [3.8, 4) is 17.0 Å². The lowest BCUT2D eigenvalue weighted by atomic mass is 10.1. The molecule has 1 aliphatic heterocycles. The standard InChI is InChI=1S/C24H23N3O3S/c1-3-14-27(24-25-19(16-31-24)18-9-5-4-6-10-18)22(28)13-15-26-20-11-7-8-12-21(20)30-17(2)23(26)29/h3-12,16-17H,1,13-15H2,2H3/t17-/m1/s1. The Morgan fingerprint density at radius 1 is 1.23 bits per heavy atom. The fourth-order valence-corrected chi connectivity index (χ4v) is 4.34. The second-order valence-corrected chi connectivity index (χ2v) is 7.98. The van der Waals surface area contributed by atoms with Gasteiger partial charge in [0.25, 0.3) is 5.91 Å². The monoisotopic (exact) mass is 433 g/mol. The van der Waals surface area contributed by atoms with Gasteiger partial charge in [0.1, 0.15) is 5.75 Å². The first-order valence-electron chi connectivity index (χ1n) is 10.1. The van der Waals surface area contributed by atoms with Crippen molar-refractivity contribution in [2.75, 3.05) is 22.9 Å². The number of benzene rings is 2. The van der Waals surface area contributed by atoms with Crippen molar-refractivity contribution in [3.05, 3.63) is 72.6 Å². The van der Waals surface area contributed by atoms with Gasteiger partial charge >= 0.3 is 0 Å². The number of para-hydroxylation sites is 2. The Kier molecular flexibility index (Phi) is 6.13. The molecule has 4 rings (SSSR count). The molecule has 3 aromatic rings. The van der Waals surface area contributed by atoms with Gasteiger partial charge in [0, 0.05) is 30.5 Å². The molecule has 0 aliphatic carbocycles. The number of anilines is 2.